The van der Waals surface area contributed by atoms with Crippen LogP contribution in [0.4, 0.5) is 30.4 Å². The summed E-state index contributed by atoms with van der Waals surface area (Å²) in [5.41, 5.74) is 6.72. The first-order chi connectivity index (χ1) is 8.86. The van der Waals surface area contributed by atoms with E-state index in [1.165, 1.54) is 12.1 Å². The zero-order valence-corrected chi connectivity index (χ0v) is 10.1. The fourth-order valence-corrected chi connectivity index (χ4v) is 1.53. The summed E-state index contributed by atoms with van der Waals surface area (Å²) in [7, 11) is 0. The highest BCUT2D eigenvalue weighted by Gasteiger charge is 2.29. The van der Waals surface area contributed by atoms with Crippen LogP contribution in [0.2, 0.25) is 0 Å². The molecule has 0 radical (unpaired) electrons. The Balaban J connectivity index is 2.17. The van der Waals surface area contributed by atoms with Gasteiger partial charge in [-0.25, -0.2) is 4.98 Å². The molecule has 0 unspecified atom stereocenters. The van der Waals surface area contributed by atoms with Crippen molar-refractivity contribution in [3.63, 3.8) is 0 Å². The maximum Gasteiger partial charge on any atom is 0.416 e. The molecule has 100 valence electrons. The zero-order valence-electron chi connectivity index (χ0n) is 10.1. The van der Waals surface area contributed by atoms with Crippen LogP contribution < -0.4 is 11.1 Å². The highest BCUT2D eigenvalue weighted by atomic mass is 19.4. The molecule has 0 amide bonds. The van der Waals surface area contributed by atoms with Gasteiger partial charge in [-0.2, -0.15) is 13.2 Å². The predicted molar refractivity (Wildman–Crippen MR) is 68.1 cm³/mol. The number of aromatic nitrogens is 1. The summed E-state index contributed by atoms with van der Waals surface area (Å²) in [5, 5.41) is 2.92. The van der Waals surface area contributed by atoms with Gasteiger partial charge in [-0.15, -0.1) is 0 Å². The van der Waals surface area contributed by atoms with Gasteiger partial charge in [0.05, 0.1) is 16.9 Å². The number of anilines is 3. The molecule has 1 aromatic heterocycles. The minimum Gasteiger partial charge on any atom is -0.397 e. The smallest absolute Gasteiger partial charge is 0.397 e. The van der Waals surface area contributed by atoms with Crippen LogP contribution in [0.3, 0.4) is 0 Å². The molecule has 3 N–H and O–H groups in total. The van der Waals surface area contributed by atoms with Gasteiger partial charge in [0.15, 0.2) is 0 Å². The van der Waals surface area contributed by atoms with Crippen molar-refractivity contribution in [3.8, 4) is 0 Å². The van der Waals surface area contributed by atoms with E-state index in [4.69, 9.17) is 5.73 Å². The third-order valence-electron chi connectivity index (χ3n) is 2.61. The lowest BCUT2D eigenvalue weighted by molar-refractivity contribution is -0.137. The number of aryl methyl sites for hydroxylation is 1. The number of hydrogen-bond acceptors (Lipinski definition) is 3. The van der Waals surface area contributed by atoms with Gasteiger partial charge in [0.1, 0.15) is 5.82 Å². The van der Waals surface area contributed by atoms with Crippen molar-refractivity contribution < 1.29 is 13.2 Å². The second-order valence-electron chi connectivity index (χ2n) is 4.07. The number of nitrogens with zero attached hydrogens (tertiary/aromatic N) is 1. The quantitative estimate of drug-likeness (QED) is 0.871. The Morgan fingerprint density at radius 1 is 1.05 bits per heavy atom. The number of pyridine rings is 1. The molecule has 0 fully saturated rings. The van der Waals surface area contributed by atoms with E-state index in [2.05, 4.69) is 10.3 Å². The van der Waals surface area contributed by atoms with Crippen molar-refractivity contribution in [1.29, 1.82) is 0 Å². The molecule has 2 rings (SSSR count). The predicted octanol–water partition coefficient (Wildman–Crippen LogP) is 3.73. The SMILES string of the molecule is Cc1nc(Nc2ccc(C(F)(F)F)cc2)ccc1N. The Bertz CT molecular complexity index is 577. The minimum absolute atomic E-state index is 0.532. The Kier molecular flexibility index (Phi) is 3.33. The number of nitrogens with two attached hydrogens (primary N) is 1. The van der Waals surface area contributed by atoms with Crippen molar-refractivity contribution in [3.05, 3.63) is 47.7 Å². The number of hydrogen-bond donors (Lipinski definition) is 2. The summed E-state index contributed by atoms with van der Waals surface area (Å²) in [6.45, 7) is 1.76. The molecule has 0 aliphatic carbocycles. The first kappa shape index (κ1) is 13.2. The summed E-state index contributed by atoms with van der Waals surface area (Å²) in [6.07, 6.45) is -4.32. The Labute approximate surface area is 108 Å². The van der Waals surface area contributed by atoms with Crippen LogP contribution in [0.25, 0.3) is 0 Å². The van der Waals surface area contributed by atoms with Crippen LogP contribution in [0.5, 0.6) is 0 Å². The largest absolute Gasteiger partial charge is 0.416 e. The lowest BCUT2D eigenvalue weighted by Crippen LogP contribution is -2.04. The molecular formula is C13H12F3N3. The lowest BCUT2D eigenvalue weighted by Gasteiger charge is -2.10. The molecule has 19 heavy (non-hydrogen) atoms. The number of alkyl halides is 3. The molecule has 0 aliphatic heterocycles. The average molecular weight is 267 g/mol. The second-order valence-corrected chi connectivity index (χ2v) is 4.07. The molecule has 0 saturated heterocycles. The molecule has 6 heteroatoms. The number of nitrogen functional groups attached to an aromatic ring is 1. The van der Waals surface area contributed by atoms with Gasteiger partial charge >= 0.3 is 6.18 Å². The first-order valence-corrected chi connectivity index (χ1v) is 5.53. The highest BCUT2D eigenvalue weighted by molar-refractivity contribution is 5.59. The molecule has 2 aromatic rings. The van der Waals surface area contributed by atoms with Crippen LogP contribution in [0.15, 0.2) is 36.4 Å². The van der Waals surface area contributed by atoms with Crippen LogP contribution in [-0.2, 0) is 6.18 Å². The highest BCUT2D eigenvalue weighted by Crippen LogP contribution is 2.30. The summed E-state index contributed by atoms with van der Waals surface area (Å²) in [5.74, 6) is 0.534. The van der Waals surface area contributed by atoms with E-state index in [9.17, 15) is 13.2 Å². The van der Waals surface area contributed by atoms with Crippen molar-refractivity contribution in [2.45, 2.75) is 13.1 Å². The maximum atomic E-state index is 12.4. The zero-order chi connectivity index (χ0) is 14.0. The van der Waals surface area contributed by atoms with Crippen LogP contribution in [0, 0.1) is 6.92 Å². The Hall–Kier alpha value is -2.24. The summed E-state index contributed by atoms with van der Waals surface area (Å²) >= 11 is 0. The molecule has 0 saturated carbocycles. The van der Waals surface area contributed by atoms with Gasteiger partial charge < -0.3 is 11.1 Å². The number of halogens is 3. The fourth-order valence-electron chi connectivity index (χ4n) is 1.53. The van der Waals surface area contributed by atoms with E-state index >= 15 is 0 Å². The molecule has 3 nitrogen and oxygen atoms in total. The van der Waals surface area contributed by atoms with E-state index in [1.54, 1.807) is 19.1 Å². The molecule has 0 aliphatic rings. The Morgan fingerprint density at radius 2 is 1.68 bits per heavy atom. The molecular weight excluding hydrogens is 255 g/mol. The molecule has 0 spiro atoms. The summed E-state index contributed by atoms with van der Waals surface area (Å²) in [4.78, 5) is 4.18. The number of nitrogens with one attached hydrogen (secondary N) is 1. The van der Waals surface area contributed by atoms with Crippen molar-refractivity contribution in [2.75, 3.05) is 11.1 Å². The Morgan fingerprint density at radius 3 is 2.21 bits per heavy atom. The van der Waals surface area contributed by atoms with Crippen LogP contribution in [0.1, 0.15) is 11.3 Å². The molecule has 0 bridgehead atoms. The summed E-state index contributed by atoms with van der Waals surface area (Å²) < 4.78 is 37.2. The average Bonchev–Trinajstić information content (AvgIpc) is 2.33. The van der Waals surface area contributed by atoms with Crippen molar-refractivity contribution >= 4 is 17.2 Å². The fraction of sp³-hybridized carbons (Fsp3) is 0.154. The monoisotopic (exact) mass is 267 g/mol. The van der Waals surface area contributed by atoms with Crippen molar-refractivity contribution in [1.82, 2.24) is 4.98 Å². The molecule has 0 atom stereocenters. The van der Waals surface area contributed by atoms with E-state index in [-0.39, 0.29) is 0 Å². The first-order valence-electron chi connectivity index (χ1n) is 5.53. The topological polar surface area (TPSA) is 50.9 Å². The van der Waals surface area contributed by atoms with Gasteiger partial charge in [-0.1, -0.05) is 0 Å². The number of rotatable bonds is 2. The standard InChI is InChI=1S/C13H12F3N3/c1-8-11(17)6-7-12(18-8)19-10-4-2-9(3-5-10)13(14,15)16/h2-7H,17H2,1H3,(H,18,19). The van der Waals surface area contributed by atoms with Crippen molar-refractivity contribution in [2.24, 2.45) is 0 Å². The van der Waals surface area contributed by atoms with Gasteiger partial charge in [0.25, 0.3) is 0 Å². The minimum atomic E-state index is -4.32. The normalized spacial score (nSPS) is 11.4. The third kappa shape index (κ3) is 3.15. The van der Waals surface area contributed by atoms with Crippen LogP contribution in [-0.4, -0.2) is 4.98 Å². The maximum absolute atomic E-state index is 12.4. The van der Waals surface area contributed by atoms with E-state index in [0.717, 1.165) is 12.1 Å². The van der Waals surface area contributed by atoms with Gasteiger partial charge in [0.2, 0.25) is 0 Å². The third-order valence-corrected chi connectivity index (χ3v) is 2.61. The van der Waals surface area contributed by atoms with E-state index in [1.807, 2.05) is 0 Å². The lowest BCUT2D eigenvalue weighted by atomic mass is 10.2. The molecule has 1 heterocycles. The second kappa shape index (κ2) is 4.79. The van der Waals surface area contributed by atoms with E-state index in [0.29, 0.717) is 22.9 Å². The number of benzene rings is 1. The van der Waals surface area contributed by atoms with E-state index < -0.39 is 11.7 Å². The van der Waals surface area contributed by atoms with Gasteiger partial charge in [0, 0.05) is 5.69 Å². The van der Waals surface area contributed by atoms with Crippen LogP contribution >= 0.6 is 0 Å². The molecule has 1 aromatic carbocycles. The van der Waals surface area contributed by atoms with Gasteiger partial charge in [-0.05, 0) is 43.3 Å². The summed E-state index contributed by atoms with van der Waals surface area (Å²) in [6, 6.07) is 8.11. The van der Waals surface area contributed by atoms with Gasteiger partial charge in [-0.3, -0.25) is 0 Å².